The smallest absolute Gasteiger partial charge is 0.273 e. The van der Waals surface area contributed by atoms with Crippen LogP contribution in [0.5, 0.6) is 5.75 Å². The molecular formula is C19H13NO3. The number of nitrogens with zero attached hydrogens (tertiary/aromatic N) is 1. The van der Waals surface area contributed by atoms with E-state index in [-0.39, 0.29) is 11.5 Å². The van der Waals surface area contributed by atoms with Gasteiger partial charge in [0.1, 0.15) is 11.3 Å². The monoisotopic (exact) mass is 303 g/mol. The Bertz CT molecular complexity index is 984. The van der Waals surface area contributed by atoms with Crippen LogP contribution in [-0.2, 0) is 0 Å². The van der Waals surface area contributed by atoms with Crippen molar-refractivity contribution in [3.05, 3.63) is 77.0 Å². The minimum Gasteiger partial charge on any atom is -0.618 e. The van der Waals surface area contributed by atoms with Gasteiger partial charge in [0.05, 0.1) is 12.7 Å². The van der Waals surface area contributed by atoms with Gasteiger partial charge in [0.15, 0.2) is 0 Å². The highest BCUT2D eigenvalue weighted by Crippen LogP contribution is 2.35. The number of fused-ring (bicyclic) bond motifs is 2. The highest BCUT2D eigenvalue weighted by Gasteiger charge is 2.39. The molecule has 23 heavy (non-hydrogen) atoms. The summed E-state index contributed by atoms with van der Waals surface area (Å²) in [7, 11) is 1.49. The van der Waals surface area contributed by atoms with Crippen LogP contribution in [0.15, 0.2) is 60.7 Å². The van der Waals surface area contributed by atoms with E-state index in [1.807, 2.05) is 36.4 Å². The minimum absolute atomic E-state index is 0.140. The Hall–Kier alpha value is -3.14. The number of ether oxygens (including phenoxy) is 1. The molecule has 0 atom stereocenters. The molecule has 0 aromatic heterocycles. The van der Waals surface area contributed by atoms with Gasteiger partial charge in [0.25, 0.3) is 11.5 Å². The molecule has 4 heteroatoms. The summed E-state index contributed by atoms with van der Waals surface area (Å²) in [6, 6.07) is 18.4. The van der Waals surface area contributed by atoms with E-state index in [0.717, 1.165) is 10.8 Å². The van der Waals surface area contributed by atoms with Crippen LogP contribution in [0.4, 0.5) is 5.69 Å². The van der Waals surface area contributed by atoms with Crippen LogP contribution >= 0.6 is 0 Å². The summed E-state index contributed by atoms with van der Waals surface area (Å²) in [5, 5.41) is 14.6. The molecule has 1 aliphatic rings. The quantitative estimate of drug-likeness (QED) is 0.536. The van der Waals surface area contributed by atoms with Crippen molar-refractivity contribution < 1.29 is 14.3 Å². The van der Waals surface area contributed by atoms with Crippen molar-refractivity contribution in [3.63, 3.8) is 0 Å². The van der Waals surface area contributed by atoms with E-state index in [1.54, 1.807) is 24.3 Å². The normalized spacial score (nSPS) is 13.5. The van der Waals surface area contributed by atoms with Gasteiger partial charge in [-0.2, -0.15) is 4.74 Å². The van der Waals surface area contributed by atoms with Gasteiger partial charge >= 0.3 is 0 Å². The molecule has 4 rings (SSSR count). The van der Waals surface area contributed by atoms with E-state index in [2.05, 4.69) is 0 Å². The topological polar surface area (TPSA) is 52.4 Å². The maximum atomic E-state index is 12.9. The number of benzene rings is 3. The first-order valence-electron chi connectivity index (χ1n) is 7.26. The fourth-order valence-electron chi connectivity index (χ4n) is 3.08. The van der Waals surface area contributed by atoms with Gasteiger partial charge in [-0.25, -0.2) is 0 Å². The number of methoxy groups -OCH3 is 1. The van der Waals surface area contributed by atoms with Gasteiger partial charge < -0.3 is 9.94 Å². The molecule has 3 aromatic carbocycles. The van der Waals surface area contributed by atoms with Crippen molar-refractivity contribution in [1.82, 2.24) is 0 Å². The summed E-state index contributed by atoms with van der Waals surface area (Å²) >= 11 is 0. The summed E-state index contributed by atoms with van der Waals surface area (Å²) in [6.45, 7) is 0. The summed E-state index contributed by atoms with van der Waals surface area (Å²) in [6.07, 6.45) is 0. The SMILES string of the molecule is COc1cccc2c1C(=O)C(c1cccc3ccccc13)=[N+]2[O-]. The Kier molecular flexibility index (Phi) is 2.91. The van der Waals surface area contributed by atoms with Crippen LogP contribution in [0.2, 0.25) is 0 Å². The second-order valence-electron chi connectivity index (χ2n) is 5.35. The van der Waals surface area contributed by atoms with Crippen molar-refractivity contribution in [1.29, 1.82) is 0 Å². The number of Topliss-reactive ketones (excluding diaryl/α,β-unsaturated/α-hetero) is 1. The standard InChI is InChI=1S/C19H13NO3/c1-23-16-11-5-10-15-17(16)19(21)18(20(15)22)14-9-4-7-12-6-2-3-8-13(12)14/h2-11H,1H3. The van der Waals surface area contributed by atoms with E-state index >= 15 is 0 Å². The van der Waals surface area contributed by atoms with Crippen molar-refractivity contribution in [2.75, 3.05) is 7.11 Å². The van der Waals surface area contributed by atoms with Gasteiger partial charge in [0.2, 0.25) is 5.69 Å². The van der Waals surface area contributed by atoms with E-state index in [1.165, 1.54) is 7.11 Å². The lowest BCUT2D eigenvalue weighted by atomic mass is 9.97. The Balaban J connectivity index is 2.00. The molecule has 0 saturated carbocycles. The first-order chi connectivity index (χ1) is 11.2. The number of carbonyl (C=O) groups is 1. The van der Waals surface area contributed by atoms with Crippen LogP contribution in [0, 0.1) is 5.21 Å². The molecule has 112 valence electrons. The largest absolute Gasteiger partial charge is 0.618 e. The molecular weight excluding hydrogens is 290 g/mol. The van der Waals surface area contributed by atoms with E-state index in [0.29, 0.717) is 27.3 Å². The summed E-state index contributed by atoms with van der Waals surface area (Å²) < 4.78 is 5.96. The average Bonchev–Trinajstić information content (AvgIpc) is 2.85. The molecule has 4 nitrogen and oxygen atoms in total. The van der Waals surface area contributed by atoms with Crippen molar-refractivity contribution in [2.24, 2.45) is 0 Å². The summed E-state index contributed by atoms with van der Waals surface area (Å²) in [5.74, 6) is 0.118. The molecule has 0 fully saturated rings. The Morgan fingerprint density at radius 3 is 2.52 bits per heavy atom. The zero-order chi connectivity index (χ0) is 16.0. The van der Waals surface area contributed by atoms with Crippen LogP contribution in [0.25, 0.3) is 10.8 Å². The van der Waals surface area contributed by atoms with E-state index in [4.69, 9.17) is 4.74 Å². The number of rotatable bonds is 2. The first-order valence-corrected chi connectivity index (χ1v) is 7.26. The lowest BCUT2D eigenvalue weighted by Gasteiger charge is -2.05. The molecule has 1 heterocycles. The predicted molar refractivity (Wildman–Crippen MR) is 88.7 cm³/mol. The van der Waals surface area contributed by atoms with Crippen molar-refractivity contribution in [3.8, 4) is 5.75 Å². The van der Waals surface area contributed by atoms with Gasteiger partial charge in [-0.1, -0.05) is 42.5 Å². The van der Waals surface area contributed by atoms with Crippen LogP contribution in [-0.4, -0.2) is 23.3 Å². The third-order valence-electron chi connectivity index (χ3n) is 4.13. The first kappa shape index (κ1) is 13.5. The van der Waals surface area contributed by atoms with Gasteiger partial charge in [-0.15, -0.1) is 0 Å². The third kappa shape index (κ3) is 1.85. The Labute approximate surface area is 132 Å². The second kappa shape index (κ2) is 4.95. The summed E-state index contributed by atoms with van der Waals surface area (Å²) in [4.78, 5) is 12.9. The van der Waals surface area contributed by atoms with Crippen molar-refractivity contribution >= 4 is 28.0 Å². The molecule has 0 spiro atoms. The van der Waals surface area contributed by atoms with E-state index < -0.39 is 0 Å². The molecule has 0 N–H and O–H groups in total. The number of ketones is 1. The van der Waals surface area contributed by atoms with E-state index in [9.17, 15) is 10.0 Å². The highest BCUT2D eigenvalue weighted by molar-refractivity contribution is 6.54. The zero-order valence-electron chi connectivity index (χ0n) is 12.4. The molecule has 0 unspecified atom stereocenters. The predicted octanol–water partition coefficient (Wildman–Crippen LogP) is 3.68. The maximum absolute atomic E-state index is 12.9. The molecule has 1 aliphatic heterocycles. The molecule has 0 amide bonds. The zero-order valence-corrected chi connectivity index (χ0v) is 12.4. The van der Waals surface area contributed by atoms with Crippen LogP contribution in [0.3, 0.4) is 0 Å². The fourth-order valence-corrected chi connectivity index (χ4v) is 3.08. The third-order valence-corrected chi connectivity index (χ3v) is 4.13. The molecule has 0 saturated heterocycles. The number of hydrogen-bond donors (Lipinski definition) is 0. The molecule has 0 bridgehead atoms. The summed E-state index contributed by atoms with van der Waals surface area (Å²) in [5.41, 5.74) is 1.44. The molecule has 0 radical (unpaired) electrons. The second-order valence-corrected chi connectivity index (χ2v) is 5.35. The molecule has 3 aromatic rings. The lowest BCUT2D eigenvalue weighted by molar-refractivity contribution is -0.355. The maximum Gasteiger partial charge on any atom is 0.273 e. The van der Waals surface area contributed by atoms with Gasteiger partial charge in [-0.05, 0) is 22.9 Å². The van der Waals surface area contributed by atoms with Crippen LogP contribution < -0.4 is 4.74 Å². The Morgan fingerprint density at radius 1 is 0.957 bits per heavy atom. The number of carbonyl (C=O) groups excluding carboxylic acids is 1. The van der Waals surface area contributed by atoms with Crippen molar-refractivity contribution in [2.45, 2.75) is 0 Å². The molecule has 0 aliphatic carbocycles. The van der Waals surface area contributed by atoms with Gasteiger partial charge in [0, 0.05) is 6.07 Å². The van der Waals surface area contributed by atoms with Crippen LogP contribution in [0.1, 0.15) is 15.9 Å². The lowest BCUT2D eigenvalue weighted by Crippen LogP contribution is -2.17. The van der Waals surface area contributed by atoms with Gasteiger partial charge in [-0.3, -0.25) is 4.79 Å². The number of hydrogen-bond acceptors (Lipinski definition) is 3. The highest BCUT2D eigenvalue weighted by atomic mass is 16.5. The average molecular weight is 303 g/mol. The Morgan fingerprint density at radius 2 is 1.70 bits per heavy atom. The minimum atomic E-state index is -0.302. The fraction of sp³-hybridized carbons (Fsp3) is 0.0526.